The molecular weight excluding hydrogens is 517 g/mol. The molecule has 3 aliphatic rings. The van der Waals surface area contributed by atoms with Crippen molar-refractivity contribution in [3.05, 3.63) is 35.9 Å². The van der Waals surface area contributed by atoms with Crippen LogP contribution in [0, 0.1) is 0 Å². The van der Waals surface area contributed by atoms with Crippen LogP contribution in [0.5, 0.6) is 0 Å². The van der Waals surface area contributed by atoms with E-state index in [-0.39, 0.29) is 34.0 Å². The van der Waals surface area contributed by atoms with Gasteiger partial charge in [-0.05, 0) is 26.3 Å². The maximum absolute atomic E-state index is 13.2. The SMILES string of the molecule is CC1N2C(=O)C(NC(=O)C(NC(=O)N3CCN(I)C3)c3ccccc3)C2SC1(C)C. The van der Waals surface area contributed by atoms with E-state index in [2.05, 4.69) is 47.3 Å². The number of benzene rings is 1. The Labute approximate surface area is 194 Å². The fourth-order valence-electron chi connectivity index (χ4n) is 4.02. The van der Waals surface area contributed by atoms with Crippen LogP contribution in [0.15, 0.2) is 30.3 Å². The van der Waals surface area contributed by atoms with Crippen LogP contribution in [-0.2, 0) is 9.59 Å². The van der Waals surface area contributed by atoms with Gasteiger partial charge in [0.15, 0.2) is 0 Å². The lowest BCUT2D eigenvalue weighted by molar-refractivity contribution is -0.151. The first-order chi connectivity index (χ1) is 14.2. The first-order valence-electron chi connectivity index (χ1n) is 10.0. The molecule has 4 amide bonds. The molecule has 0 aliphatic carbocycles. The van der Waals surface area contributed by atoms with E-state index < -0.39 is 12.1 Å². The average Bonchev–Trinajstić information content (AvgIpc) is 3.24. The summed E-state index contributed by atoms with van der Waals surface area (Å²) in [6.45, 7) is 8.19. The second kappa shape index (κ2) is 8.19. The number of fused-ring (bicyclic) bond motifs is 1. The monoisotopic (exact) mass is 543 g/mol. The molecule has 3 fully saturated rings. The molecule has 3 saturated heterocycles. The minimum absolute atomic E-state index is 0.0582. The van der Waals surface area contributed by atoms with Crippen molar-refractivity contribution in [1.82, 2.24) is 23.5 Å². The molecular formula is C20H26IN5O3S. The van der Waals surface area contributed by atoms with Gasteiger partial charge in [-0.3, -0.25) is 9.59 Å². The van der Waals surface area contributed by atoms with Crippen molar-refractivity contribution in [2.75, 3.05) is 19.8 Å². The third-order valence-corrected chi connectivity index (χ3v) is 8.59. The van der Waals surface area contributed by atoms with Gasteiger partial charge in [-0.2, -0.15) is 0 Å². The van der Waals surface area contributed by atoms with Crippen molar-refractivity contribution < 1.29 is 14.4 Å². The molecule has 1 aromatic rings. The van der Waals surface area contributed by atoms with Gasteiger partial charge in [-0.1, -0.05) is 30.3 Å². The highest BCUT2D eigenvalue weighted by Crippen LogP contribution is 2.50. The third kappa shape index (κ3) is 3.89. The number of hydrogen-bond donors (Lipinski definition) is 2. The van der Waals surface area contributed by atoms with E-state index in [9.17, 15) is 14.4 Å². The van der Waals surface area contributed by atoms with Crippen LogP contribution in [0.2, 0.25) is 0 Å². The summed E-state index contributed by atoms with van der Waals surface area (Å²) in [5.74, 6) is -0.423. The van der Waals surface area contributed by atoms with Crippen LogP contribution in [0.4, 0.5) is 4.79 Å². The Balaban J connectivity index is 1.48. The molecule has 0 spiro atoms. The maximum Gasteiger partial charge on any atom is 0.319 e. The van der Waals surface area contributed by atoms with Gasteiger partial charge >= 0.3 is 6.03 Å². The Morgan fingerprint density at radius 2 is 1.93 bits per heavy atom. The lowest BCUT2D eigenvalue weighted by atomic mass is 9.97. The van der Waals surface area contributed by atoms with Gasteiger partial charge in [-0.15, -0.1) is 11.8 Å². The van der Waals surface area contributed by atoms with E-state index in [1.165, 1.54) is 0 Å². The van der Waals surface area contributed by atoms with Crippen LogP contribution in [0.25, 0.3) is 0 Å². The molecule has 3 aliphatic heterocycles. The van der Waals surface area contributed by atoms with E-state index in [1.54, 1.807) is 16.7 Å². The Morgan fingerprint density at radius 1 is 1.23 bits per heavy atom. The van der Waals surface area contributed by atoms with Gasteiger partial charge in [0, 0.05) is 46.7 Å². The number of carbonyl (C=O) groups excluding carboxylic acids is 3. The third-order valence-electron chi connectivity index (χ3n) is 6.11. The number of hydrogen-bond acceptors (Lipinski definition) is 5. The zero-order valence-electron chi connectivity index (χ0n) is 17.2. The number of carbonyl (C=O) groups is 3. The smallest absolute Gasteiger partial charge is 0.319 e. The molecule has 3 heterocycles. The quantitative estimate of drug-likeness (QED) is 0.345. The normalized spacial score (nSPS) is 28.7. The van der Waals surface area contributed by atoms with E-state index in [0.29, 0.717) is 18.8 Å². The van der Waals surface area contributed by atoms with Gasteiger partial charge in [0.05, 0.1) is 6.67 Å². The molecule has 2 N–H and O–H groups in total. The number of halogens is 1. The summed E-state index contributed by atoms with van der Waals surface area (Å²) in [6, 6.07) is 7.55. The number of nitrogens with zero attached hydrogens (tertiary/aromatic N) is 3. The van der Waals surface area contributed by atoms with Crippen molar-refractivity contribution >= 4 is 52.5 Å². The standard InChI is InChI=1S/C20H26IN5O3S/c1-12-20(2,3)30-18-15(17(28)26(12)18)22-16(27)14(13-7-5-4-6-8-13)23-19(29)24-9-10-25(21)11-24/h4-8,12,14-15,18H,9-11H2,1-3H3,(H,22,27)(H,23,29). The first kappa shape index (κ1) is 21.7. The van der Waals surface area contributed by atoms with Crippen LogP contribution < -0.4 is 10.6 Å². The Morgan fingerprint density at radius 3 is 2.57 bits per heavy atom. The Bertz CT molecular complexity index is 854. The number of rotatable bonds is 4. The molecule has 0 saturated carbocycles. The van der Waals surface area contributed by atoms with Crippen molar-refractivity contribution in [3.8, 4) is 0 Å². The highest BCUT2D eigenvalue weighted by Gasteiger charge is 2.60. The summed E-state index contributed by atoms with van der Waals surface area (Å²) in [6.07, 6.45) is 0. The van der Waals surface area contributed by atoms with E-state index in [4.69, 9.17) is 0 Å². The zero-order chi connectivity index (χ0) is 21.6. The summed E-state index contributed by atoms with van der Waals surface area (Å²) in [5.41, 5.74) is 0.685. The van der Waals surface area contributed by atoms with Gasteiger partial charge in [0.25, 0.3) is 0 Å². The predicted octanol–water partition coefficient (Wildman–Crippen LogP) is 1.93. The molecule has 0 bridgehead atoms. The number of urea groups is 1. The summed E-state index contributed by atoms with van der Waals surface area (Å²) >= 11 is 3.89. The second-order valence-electron chi connectivity index (χ2n) is 8.40. The van der Waals surface area contributed by atoms with Gasteiger partial charge in [0.1, 0.15) is 17.5 Å². The second-order valence-corrected chi connectivity index (χ2v) is 11.5. The molecule has 8 nitrogen and oxygen atoms in total. The van der Waals surface area contributed by atoms with E-state index in [1.807, 2.05) is 45.3 Å². The molecule has 1 aromatic carbocycles. The van der Waals surface area contributed by atoms with Crippen LogP contribution in [-0.4, -0.2) is 72.7 Å². The largest absolute Gasteiger partial charge is 0.340 e. The molecule has 0 aromatic heterocycles. The predicted molar refractivity (Wildman–Crippen MR) is 124 cm³/mol. The summed E-state index contributed by atoms with van der Waals surface area (Å²) in [4.78, 5) is 42.2. The molecule has 4 atom stereocenters. The van der Waals surface area contributed by atoms with Crippen molar-refractivity contribution in [1.29, 1.82) is 0 Å². The molecule has 4 unspecified atom stereocenters. The summed E-state index contributed by atoms with van der Waals surface area (Å²) in [7, 11) is 0. The highest BCUT2D eigenvalue weighted by molar-refractivity contribution is 14.1. The minimum atomic E-state index is -0.861. The summed E-state index contributed by atoms with van der Waals surface area (Å²) in [5, 5.41) is 5.70. The first-order valence-corrected chi connectivity index (χ1v) is 11.8. The topological polar surface area (TPSA) is 85.0 Å². The Kier molecular flexibility index (Phi) is 5.92. The number of β-lactam (4-membered cyclic amide) rings is 1. The molecule has 4 rings (SSSR count). The number of nitrogens with one attached hydrogen (secondary N) is 2. The molecule has 30 heavy (non-hydrogen) atoms. The van der Waals surface area contributed by atoms with Gasteiger partial charge in [-0.25, -0.2) is 7.91 Å². The van der Waals surface area contributed by atoms with E-state index in [0.717, 1.165) is 6.54 Å². The summed E-state index contributed by atoms with van der Waals surface area (Å²) < 4.78 is 1.95. The van der Waals surface area contributed by atoms with E-state index >= 15 is 0 Å². The highest BCUT2D eigenvalue weighted by atomic mass is 127. The van der Waals surface area contributed by atoms with Crippen molar-refractivity contribution in [3.63, 3.8) is 0 Å². The van der Waals surface area contributed by atoms with Crippen molar-refractivity contribution in [2.45, 2.75) is 49.0 Å². The fraction of sp³-hybridized carbons (Fsp3) is 0.550. The van der Waals surface area contributed by atoms with Crippen LogP contribution in [0.3, 0.4) is 0 Å². The van der Waals surface area contributed by atoms with Gasteiger partial charge < -0.3 is 20.4 Å². The van der Waals surface area contributed by atoms with Crippen molar-refractivity contribution in [2.24, 2.45) is 0 Å². The number of thioether (sulfide) groups is 1. The lowest BCUT2D eigenvalue weighted by Gasteiger charge is -2.44. The zero-order valence-corrected chi connectivity index (χ0v) is 20.1. The fourth-order valence-corrected chi connectivity index (χ4v) is 6.26. The number of amides is 4. The molecule has 10 heteroatoms. The van der Waals surface area contributed by atoms with Crippen LogP contribution >= 0.6 is 34.6 Å². The maximum atomic E-state index is 13.2. The minimum Gasteiger partial charge on any atom is -0.340 e. The average molecular weight is 543 g/mol. The van der Waals surface area contributed by atoms with Crippen LogP contribution in [0.1, 0.15) is 32.4 Å². The molecule has 0 radical (unpaired) electrons. The lowest BCUT2D eigenvalue weighted by Crippen LogP contribution is -2.69. The van der Waals surface area contributed by atoms with Gasteiger partial charge in [0.2, 0.25) is 11.8 Å². The Hall–Kier alpha value is -1.53. The molecule has 162 valence electrons.